The van der Waals surface area contributed by atoms with Crippen LogP contribution in [0.1, 0.15) is 43.4 Å². The number of fused-ring (bicyclic) bond motifs is 1. The third-order valence-electron chi connectivity index (χ3n) is 4.54. The van der Waals surface area contributed by atoms with Crippen molar-refractivity contribution in [2.75, 3.05) is 24.7 Å². The second-order valence-electron chi connectivity index (χ2n) is 6.01. The first kappa shape index (κ1) is 15.3. The summed E-state index contributed by atoms with van der Waals surface area (Å²) in [6.07, 6.45) is 7.13. The fourth-order valence-electron chi connectivity index (χ4n) is 3.55. The minimum atomic E-state index is 0.327. The van der Waals surface area contributed by atoms with E-state index in [9.17, 15) is 0 Å². The second-order valence-corrected chi connectivity index (χ2v) is 7.16. The Morgan fingerprint density at radius 1 is 1.52 bits per heavy atom. The van der Waals surface area contributed by atoms with Crippen LogP contribution in [0.15, 0.2) is 18.3 Å². The molecule has 1 aliphatic heterocycles. The number of ether oxygens (including phenoxy) is 1. The molecule has 4 heteroatoms. The van der Waals surface area contributed by atoms with Crippen LogP contribution in [0.4, 0.5) is 0 Å². The Hall–Kier alpha value is -0.580. The molecule has 2 heterocycles. The van der Waals surface area contributed by atoms with E-state index < -0.39 is 0 Å². The molecular formula is C17H26N2OS. The van der Waals surface area contributed by atoms with E-state index in [1.165, 1.54) is 30.5 Å². The van der Waals surface area contributed by atoms with Crippen molar-refractivity contribution in [1.82, 2.24) is 10.3 Å². The molecule has 1 aromatic rings. The summed E-state index contributed by atoms with van der Waals surface area (Å²) in [5.41, 5.74) is 2.76. The van der Waals surface area contributed by atoms with Crippen LogP contribution in [0.3, 0.4) is 0 Å². The Labute approximate surface area is 132 Å². The smallest absolute Gasteiger partial charge is 0.0825 e. The molecule has 2 aliphatic rings. The van der Waals surface area contributed by atoms with Crippen LogP contribution in [0.2, 0.25) is 0 Å². The van der Waals surface area contributed by atoms with E-state index in [0.717, 1.165) is 31.1 Å². The van der Waals surface area contributed by atoms with Gasteiger partial charge < -0.3 is 10.1 Å². The monoisotopic (exact) mass is 306 g/mol. The van der Waals surface area contributed by atoms with E-state index in [-0.39, 0.29) is 0 Å². The zero-order chi connectivity index (χ0) is 14.5. The van der Waals surface area contributed by atoms with E-state index >= 15 is 0 Å². The van der Waals surface area contributed by atoms with Crippen molar-refractivity contribution in [1.29, 1.82) is 0 Å². The molecule has 3 rings (SSSR count). The summed E-state index contributed by atoms with van der Waals surface area (Å²) in [6, 6.07) is 4.73. The maximum atomic E-state index is 6.09. The molecule has 0 bridgehead atoms. The Morgan fingerprint density at radius 2 is 2.48 bits per heavy atom. The molecule has 0 saturated carbocycles. The molecular weight excluding hydrogens is 280 g/mol. The lowest BCUT2D eigenvalue weighted by Gasteiger charge is -2.38. The molecule has 21 heavy (non-hydrogen) atoms. The van der Waals surface area contributed by atoms with Gasteiger partial charge in [-0.05, 0) is 43.9 Å². The highest BCUT2D eigenvalue weighted by Gasteiger charge is 2.35. The predicted molar refractivity (Wildman–Crippen MR) is 89.1 cm³/mol. The van der Waals surface area contributed by atoms with Gasteiger partial charge in [-0.1, -0.05) is 13.0 Å². The number of rotatable bonds is 5. The molecule has 1 fully saturated rings. The van der Waals surface area contributed by atoms with E-state index in [2.05, 4.69) is 24.4 Å². The summed E-state index contributed by atoms with van der Waals surface area (Å²) in [6.45, 7) is 4.18. The minimum Gasteiger partial charge on any atom is -0.375 e. The van der Waals surface area contributed by atoms with Crippen molar-refractivity contribution in [2.24, 2.45) is 0 Å². The largest absolute Gasteiger partial charge is 0.375 e. The quantitative estimate of drug-likeness (QED) is 0.907. The van der Waals surface area contributed by atoms with E-state index in [1.54, 1.807) is 0 Å². The lowest BCUT2D eigenvalue weighted by Crippen LogP contribution is -2.49. The zero-order valence-corrected chi connectivity index (χ0v) is 13.7. The van der Waals surface area contributed by atoms with E-state index in [1.807, 2.05) is 18.0 Å². The van der Waals surface area contributed by atoms with Crippen LogP contribution >= 0.6 is 11.8 Å². The first-order valence-electron chi connectivity index (χ1n) is 8.26. The summed E-state index contributed by atoms with van der Waals surface area (Å²) in [7, 11) is 0. The van der Waals surface area contributed by atoms with Crippen molar-refractivity contribution in [3.05, 3.63) is 29.6 Å². The molecule has 3 atom stereocenters. The molecule has 1 saturated heterocycles. The van der Waals surface area contributed by atoms with Crippen LogP contribution in [0, 0.1) is 0 Å². The molecule has 0 radical (unpaired) electrons. The zero-order valence-electron chi connectivity index (χ0n) is 12.9. The van der Waals surface area contributed by atoms with Crippen LogP contribution < -0.4 is 5.32 Å². The molecule has 0 amide bonds. The van der Waals surface area contributed by atoms with E-state index in [0.29, 0.717) is 18.1 Å². The Balaban J connectivity index is 1.82. The molecule has 3 nitrogen and oxygen atoms in total. The molecule has 1 N–H and O–H groups in total. The van der Waals surface area contributed by atoms with Crippen molar-refractivity contribution < 1.29 is 4.74 Å². The SMILES string of the molecule is CCCNC(C1CSCCO1)C1CCCc2cccnc21. The van der Waals surface area contributed by atoms with Gasteiger partial charge in [-0.2, -0.15) is 11.8 Å². The van der Waals surface area contributed by atoms with Gasteiger partial charge in [-0.15, -0.1) is 0 Å². The highest BCUT2D eigenvalue weighted by molar-refractivity contribution is 7.99. The first-order chi connectivity index (χ1) is 10.4. The Kier molecular flexibility index (Phi) is 5.55. The van der Waals surface area contributed by atoms with Gasteiger partial charge >= 0.3 is 0 Å². The molecule has 1 aliphatic carbocycles. The molecule has 0 spiro atoms. The molecule has 3 unspecified atom stereocenters. The van der Waals surface area contributed by atoms with Crippen LogP contribution in [-0.4, -0.2) is 41.8 Å². The number of nitrogens with one attached hydrogen (secondary N) is 1. The third kappa shape index (κ3) is 3.61. The molecule has 1 aromatic heterocycles. The summed E-state index contributed by atoms with van der Waals surface area (Å²) in [4.78, 5) is 4.72. The fraction of sp³-hybridized carbons (Fsp3) is 0.706. The highest BCUT2D eigenvalue weighted by Crippen LogP contribution is 2.35. The van der Waals surface area contributed by atoms with Crippen LogP contribution in [0.25, 0.3) is 0 Å². The first-order valence-corrected chi connectivity index (χ1v) is 9.42. The summed E-state index contributed by atoms with van der Waals surface area (Å²) >= 11 is 2.02. The average molecular weight is 306 g/mol. The normalized spacial score (nSPS) is 27.1. The van der Waals surface area contributed by atoms with Crippen LogP contribution in [0.5, 0.6) is 0 Å². The summed E-state index contributed by atoms with van der Waals surface area (Å²) in [5.74, 6) is 2.75. The van der Waals surface area contributed by atoms with E-state index in [4.69, 9.17) is 9.72 Å². The van der Waals surface area contributed by atoms with Gasteiger partial charge in [0.1, 0.15) is 0 Å². The van der Waals surface area contributed by atoms with Gasteiger partial charge in [0.15, 0.2) is 0 Å². The number of thioether (sulfide) groups is 1. The Bertz CT molecular complexity index is 448. The third-order valence-corrected chi connectivity index (χ3v) is 5.56. The van der Waals surface area contributed by atoms with Gasteiger partial charge in [-0.3, -0.25) is 4.98 Å². The fourth-order valence-corrected chi connectivity index (χ4v) is 4.47. The summed E-state index contributed by atoms with van der Waals surface area (Å²) in [5, 5.41) is 3.77. The van der Waals surface area contributed by atoms with Gasteiger partial charge in [-0.25, -0.2) is 0 Å². The van der Waals surface area contributed by atoms with Gasteiger partial charge in [0, 0.05) is 35.4 Å². The van der Waals surface area contributed by atoms with Gasteiger partial charge in [0.2, 0.25) is 0 Å². The number of hydrogen-bond acceptors (Lipinski definition) is 4. The number of nitrogens with zero attached hydrogens (tertiary/aromatic N) is 1. The number of pyridine rings is 1. The predicted octanol–water partition coefficient (Wildman–Crippen LogP) is 3.00. The van der Waals surface area contributed by atoms with Crippen LogP contribution in [-0.2, 0) is 11.2 Å². The van der Waals surface area contributed by atoms with Crippen molar-refractivity contribution in [2.45, 2.75) is 50.7 Å². The van der Waals surface area contributed by atoms with Crippen molar-refractivity contribution in [3.63, 3.8) is 0 Å². The topological polar surface area (TPSA) is 34.1 Å². The summed E-state index contributed by atoms with van der Waals surface area (Å²) < 4.78 is 6.09. The van der Waals surface area contributed by atoms with Gasteiger partial charge in [0.05, 0.1) is 12.7 Å². The Morgan fingerprint density at radius 3 is 3.29 bits per heavy atom. The lowest BCUT2D eigenvalue weighted by molar-refractivity contribution is 0.0371. The van der Waals surface area contributed by atoms with Gasteiger partial charge in [0.25, 0.3) is 0 Å². The van der Waals surface area contributed by atoms with Crippen molar-refractivity contribution >= 4 is 11.8 Å². The maximum absolute atomic E-state index is 6.09. The minimum absolute atomic E-state index is 0.327. The van der Waals surface area contributed by atoms with Crippen molar-refractivity contribution in [3.8, 4) is 0 Å². The molecule has 116 valence electrons. The number of hydrogen-bond donors (Lipinski definition) is 1. The number of aryl methyl sites for hydroxylation is 1. The molecule has 0 aromatic carbocycles. The second kappa shape index (κ2) is 7.61. The maximum Gasteiger partial charge on any atom is 0.0825 e. The number of aromatic nitrogens is 1. The standard InChI is InChI=1S/C17H26N2OS/c1-2-8-18-17(15-12-21-11-10-20-15)14-7-3-5-13-6-4-9-19-16(13)14/h4,6,9,14-15,17-18H,2-3,5,7-8,10-12H2,1H3. The average Bonchev–Trinajstić information content (AvgIpc) is 2.56. The highest BCUT2D eigenvalue weighted by atomic mass is 32.2. The lowest BCUT2D eigenvalue weighted by atomic mass is 9.80.